The number of carbonyl (C=O) groups is 1. The molecule has 0 saturated heterocycles. The van der Waals surface area contributed by atoms with E-state index >= 15 is 0 Å². The number of ketones is 1. The Kier molecular flexibility index (Phi) is 15.0. The zero-order valence-corrected chi connectivity index (χ0v) is 12.6. The third kappa shape index (κ3) is 16.4. The average Bonchev–Trinajstić information content (AvgIpc) is 2.22. The van der Waals surface area contributed by atoms with Crippen molar-refractivity contribution in [1.82, 2.24) is 5.32 Å². The van der Waals surface area contributed by atoms with Gasteiger partial charge in [0.05, 0.1) is 5.75 Å². The summed E-state index contributed by atoms with van der Waals surface area (Å²) in [6, 6.07) is 0. The molecule has 0 rings (SSSR count). The van der Waals surface area contributed by atoms with Crippen molar-refractivity contribution in [2.24, 2.45) is 11.8 Å². The quantitative estimate of drug-likeness (QED) is 0.701. The minimum atomic E-state index is 0. The molecule has 1 unspecified atom stereocenters. The van der Waals surface area contributed by atoms with Crippen LogP contribution in [0, 0.1) is 11.8 Å². The Bertz CT molecular complexity index is 163. The van der Waals surface area contributed by atoms with Crippen LogP contribution in [0.25, 0.3) is 0 Å². The predicted octanol–water partition coefficient (Wildman–Crippen LogP) is 3.46. The normalized spacial score (nSPS) is 11.9. The number of thioether (sulfide) groups is 1. The van der Waals surface area contributed by atoms with E-state index < -0.39 is 0 Å². The van der Waals surface area contributed by atoms with Gasteiger partial charge in [0.25, 0.3) is 0 Å². The molecule has 0 aromatic carbocycles. The molecular formula is C13H31NOS. The first-order chi connectivity index (χ1) is 7.45. The van der Waals surface area contributed by atoms with Crippen LogP contribution >= 0.6 is 11.8 Å². The van der Waals surface area contributed by atoms with Crippen molar-refractivity contribution in [2.75, 3.05) is 25.1 Å². The molecule has 0 radical (unpaired) electrons. The highest BCUT2D eigenvalue weighted by Crippen LogP contribution is 2.07. The highest BCUT2D eigenvalue weighted by molar-refractivity contribution is 7.99. The summed E-state index contributed by atoms with van der Waals surface area (Å²) in [5.74, 6) is 3.17. The van der Waals surface area contributed by atoms with Crippen LogP contribution in [0.5, 0.6) is 0 Å². The predicted molar refractivity (Wildman–Crippen MR) is 78.3 cm³/mol. The summed E-state index contributed by atoms with van der Waals surface area (Å²) in [6.07, 6.45) is 0.964. The van der Waals surface area contributed by atoms with Crippen molar-refractivity contribution in [2.45, 2.75) is 41.0 Å². The van der Waals surface area contributed by atoms with Crippen LogP contribution in [-0.2, 0) is 4.79 Å². The monoisotopic (exact) mass is 249 g/mol. The van der Waals surface area contributed by atoms with Gasteiger partial charge in [-0.3, -0.25) is 4.79 Å². The van der Waals surface area contributed by atoms with Crippen LogP contribution in [-0.4, -0.2) is 30.9 Å². The lowest BCUT2D eigenvalue weighted by atomic mass is 10.1. The summed E-state index contributed by atoms with van der Waals surface area (Å²) in [5.41, 5.74) is 0. The smallest absolute Gasteiger partial charge is 0.145 e. The molecule has 0 aliphatic rings. The Morgan fingerprint density at radius 1 is 1.31 bits per heavy atom. The van der Waals surface area contributed by atoms with E-state index in [1.54, 1.807) is 11.8 Å². The van der Waals surface area contributed by atoms with Gasteiger partial charge in [-0.2, -0.15) is 11.8 Å². The van der Waals surface area contributed by atoms with Crippen LogP contribution in [0.4, 0.5) is 0 Å². The second-order valence-corrected chi connectivity index (χ2v) is 5.77. The SMILES string of the molecule is CC(C)C.CCC(C)C(=O)CSCCNC.[HH]. The molecule has 16 heavy (non-hydrogen) atoms. The number of rotatable bonds is 7. The summed E-state index contributed by atoms with van der Waals surface area (Å²) in [7, 11) is 1.93. The van der Waals surface area contributed by atoms with E-state index in [2.05, 4.69) is 33.0 Å². The molecule has 0 bridgehead atoms. The molecule has 0 fully saturated rings. The number of nitrogens with one attached hydrogen (secondary N) is 1. The summed E-state index contributed by atoms with van der Waals surface area (Å²) < 4.78 is 0. The third-order valence-corrected chi connectivity index (χ3v) is 2.88. The maximum Gasteiger partial charge on any atom is 0.145 e. The Morgan fingerprint density at radius 3 is 2.19 bits per heavy atom. The Balaban J connectivity index is -0.000000340. The van der Waals surface area contributed by atoms with Crippen molar-refractivity contribution >= 4 is 17.5 Å². The molecule has 3 heteroatoms. The molecule has 0 amide bonds. The number of hydrogen-bond acceptors (Lipinski definition) is 3. The first-order valence-electron chi connectivity index (χ1n) is 6.20. The molecule has 0 aliphatic carbocycles. The van der Waals surface area contributed by atoms with Crippen LogP contribution in [0.3, 0.4) is 0 Å². The van der Waals surface area contributed by atoms with E-state index in [1.165, 1.54) is 0 Å². The minimum absolute atomic E-state index is 0. The Hall–Kier alpha value is -0.0200. The van der Waals surface area contributed by atoms with Gasteiger partial charge in [0.15, 0.2) is 0 Å². The van der Waals surface area contributed by atoms with Gasteiger partial charge in [-0.25, -0.2) is 0 Å². The van der Waals surface area contributed by atoms with Crippen LogP contribution < -0.4 is 5.32 Å². The van der Waals surface area contributed by atoms with Crippen LogP contribution in [0.15, 0.2) is 0 Å². The molecule has 2 nitrogen and oxygen atoms in total. The number of carbonyl (C=O) groups excluding carboxylic acids is 1. The lowest BCUT2D eigenvalue weighted by Crippen LogP contribution is -2.15. The zero-order valence-electron chi connectivity index (χ0n) is 11.8. The van der Waals surface area contributed by atoms with Gasteiger partial charge in [-0.05, 0) is 19.4 Å². The Morgan fingerprint density at radius 2 is 1.81 bits per heavy atom. The first-order valence-corrected chi connectivity index (χ1v) is 7.36. The molecule has 0 aromatic heterocycles. The lowest BCUT2D eigenvalue weighted by molar-refractivity contribution is -0.119. The van der Waals surface area contributed by atoms with Gasteiger partial charge < -0.3 is 5.32 Å². The highest BCUT2D eigenvalue weighted by atomic mass is 32.2. The van der Waals surface area contributed by atoms with E-state index in [4.69, 9.17) is 0 Å². The van der Waals surface area contributed by atoms with Crippen molar-refractivity contribution in [1.29, 1.82) is 0 Å². The largest absolute Gasteiger partial charge is 0.319 e. The highest BCUT2D eigenvalue weighted by Gasteiger charge is 2.09. The van der Waals surface area contributed by atoms with Crippen LogP contribution in [0.2, 0.25) is 0 Å². The van der Waals surface area contributed by atoms with Gasteiger partial charge in [0.1, 0.15) is 5.78 Å². The maximum absolute atomic E-state index is 11.3. The van der Waals surface area contributed by atoms with Crippen LogP contribution in [0.1, 0.15) is 42.5 Å². The summed E-state index contributed by atoms with van der Waals surface area (Å²) in [5, 5.41) is 3.05. The zero-order chi connectivity index (χ0) is 13.0. The fourth-order valence-electron chi connectivity index (χ4n) is 0.717. The van der Waals surface area contributed by atoms with E-state index in [9.17, 15) is 4.79 Å². The third-order valence-electron chi connectivity index (χ3n) is 1.90. The number of Topliss-reactive ketones (excluding diaryl/α,β-unsaturated/α-hetero) is 1. The topological polar surface area (TPSA) is 29.1 Å². The van der Waals surface area contributed by atoms with Crippen molar-refractivity contribution < 1.29 is 6.22 Å². The van der Waals surface area contributed by atoms with E-state index in [0.29, 0.717) is 11.5 Å². The van der Waals surface area contributed by atoms with E-state index in [0.717, 1.165) is 24.6 Å². The van der Waals surface area contributed by atoms with Gasteiger partial charge in [0, 0.05) is 19.6 Å². The molecule has 1 atom stereocenters. The second kappa shape index (κ2) is 13.0. The fourth-order valence-corrected chi connectivity index (χ4v) is 1.70. The van der Waals surface area contributed by atoms with Crippen molar-refractivity contribution in [3.05, 3.63) is 0 Å². The Labute approximate surface area is 107 Å². The lowest BCUT2D eigenvalue weighted by Gasteiger charge is -2.06. The van der Waals surface area contributed by atoms with E-state index in [1.807, 2.05) is 14.0 Å². The van der Waals surface area contributed by atoms with Gasteiger partial charge in [-0.1, -0.05) is 34.6 Å². The summed E-state index contributed by atoms with van der Waals surface area (Å²) in [4.78, 5) is 11.3. The molecule has 1 N–H and O–H groups in total. The van der Waals surface area contributed by atoms with Gasteiger partial charge >= 0.3 is 0 Å². The van der Waals surface area contributed by atoms with Crippen molar-refractivity contribution in [3.8, 4) is 0 Å². The molecule has 0 saturated carbocycles. The second-order valence-electron chi connectivity index (χ2n) is 4.66. The summed E-state index contributed by atoms with van der Waals surface area (Å²) in [6.45, 7) is 11.5. The molecule has 0 spiro atoms. The molecule has 0 heterocycles. The molecule has 0 aliphatic heterocycles. The molecular weight excluding hydrogens is 218 g/mol. The summed E-state index contributed by atoms with van der Waals surface area (Å²) >= 11 is 1.72. The minimum Gasteiger partial charge on any atom is -0.319 e. The maximum atomic E-state index is 11.3. The molecule has 100 valence electrons. The van der Waals surface area contributed by atoms with Gasteiger partial charge in [0.2, 0.25) is 0 Å². The van der Waals surface area contributed by atoms with E-state index in [-0.39, 0.29) is 7.34 Å². The molecule has 0 aromatic rings. The standard InChI is InChI=1S/C9H19NOS.C4H10.H2/c1-4-8(2)9(11)7-12-6-5-10-3;1-4(2)3;/h8,10H,4-7H2,1-3H3;4H,1-3H3;1H. The average molecular weight is 249 g/mol. The van der Waals surface area contributed by atoms with Crippen molar-refractivity contribution in [3.63, 3.8) is 0 Å². The first kappa shape index (κ1) is 18.3. The fraction of sp³-hybridized carbons (Fsp3) is 0.923. The number of hydrogen-bond donors (Lipinski definition) is 1. The van der Waals surface area contributed by atoms with Gasteiger partial charge in [-0.15, -0.1) is 0 Å².